The van der Waals surface area contributed by atoms with Crippen LogP contribution in [0, 0.1) is 0 Å². The molecule has 88 valence electrons. The summed E-state index contributed by atoms with van der Waals surface area (Å²) in [6.45, 7) is 4.24. The van der Waals surface area contributed by atoms with Gasteiger partial charge in [-0.2, -0.15) is 0 Å². The van der Waals surface area contributed by atoms with E-state index in [0.29, 0.717) is 13.0 Å². The molecule has 4 nitrogen and oxygen atoms in total. The summed E-state index contributed by atoms with van der Waals surface area (Å²) in [4.78, 5) is 10.6. The third kappa shape index (κ3) is 3.90. The summed E-state index contributed by atoms with van der Waals surface area (Å²) in [5.41, 5.74) is 7.21. The van der Waals surface area contributed by atoms with E-state index >= 15 is 0 Å². The predicted octanol–water partition coefficient (Wildman–Crippen LogP) is 1.73. The lowest BCUT2D eigenvalue weighted by Crippen LogP contribution is -2.44. The Kier molecular flexibility index (Phi) is 3.90. The van der Waals surface area contributed by atoms with Gasteiger partial charge >= 0.3 is 6.09 Å². The minimum absolute atomic E-state index is 0.462. The molecule has 0 bridgehead atoms. The fraction of sp³-hybridized carbons (Fsp3) is 0.417. The van der Waals surface area contributed by atoms with Gasteiger partial charge in [0.05, 0.1) is 0 Å². The molecule has 0 aliphatic rings. The Labute approximate surface area is 95.5 Å². The van der Waals surface area contributed by atoms with Gasteiger partial charge in [0, 0.05) is 12.1 Å². The van der Waals surface area contributed by atoms with Gasteiger partial charge in [-0.1, -0.05) is 24.3 Å². The minimum Gasteiger partial charge on any atom is -0.465 e. The molecule has 0 unspecified atom stereocenters. The minimum atomic E-state index is -0.997. The Hall–Kier alpha value is -1.55. The molecule has 0 spiro atoms. The molecule has 0 radical (unpaired) electrons. The largest absolute Gasteiger partial charge is 0.465 e. The highest BCUT2D eigenvalue weighted by Gasteiger charge is 2.20. The lowest BCUT2D eigenvalue weighted by Gasteiger charge is -2.24. The summed E-state index contributed by atoms with van der Waals surface area (Å²) in [7, 11) is 0. The number of benzene rings is 1. The molecule has 0 atom stereocenters. The molecular weight excluding hydrogens is 204 g/mol. The molecule has 0 heterocycles. The fourth-order valence-electron chi connectivity index (χ4n) is 1.64. The lowest BCUT2D eigenvalue weighted by atomic mass is 9.94. The van der Waals surface area contributed by atoms with Crippen molar-refractivity contribution in [2.45, 2.75) is 32.4 Å². The highest BCUT2D eigenvalue weighted by Crippen LogP contribution is 2.13. The molecule has 4 N–H and O–H groups in total. The third-order valence-electron chi connectivity index (χ3n) is 2.35. The van der Waals surface area contributed by atoms with Gasteiger partial charge in [-0.25, -0.2) is 4.79 Å². The average Bonchev–Trinajstić information content (AvgIpc) is 2.16. The number of nitrogens with one attached hydrogen (secondary N) is 1. The van der Waals surface area contributed by atoms with Gasteiger partial charge in [-0.3, -0.25) is 0 Å². The molecule has 0 saturated carbocycles. The summed E-state index contributed by atoms with van der Waals surface area (Å²) in [6.07, 6.45) is -0.340. The SMILES string of the molecule is CC(C)(Cc1ccc(CN)cc1)NC(=O)O. The highest BCUT2D eigenvalue weighted by atomic mass is 16.4. The van der Waals surface area contributed by atoms with Crippen molar-refractivity contribution < 1.29 is 9.90 Å². The molecule has 0 aliphatic heterocycles. The Bertz CT molecular complexity index is 358. The Morgan fingerprint density at radius 3 is 2.25 bits per heavy atom. The van der Waals surface area contributed by atoms with E-state index in [1.807, 2.05) is 38.1 Å². The first-order valence-electron chi connectivity index (χ1n) is 5.22. The lowest BCUT2D eigenvalue weighted by molar-refractivity contribution is 0.182. The predicted molar refractivity (Wildman–Crippen MR) is 63.3 cm³/mol. The second-order valence-electron chi connectivity index (χ2n) is 4.51. The highest BCUT2D eigenvalue weighted by molar-refractivity contribution is 5.65. The van der Waals surface area contributed by atoms with Gasteiger partial charge in [0.1, 0.15) is 0 Å². The van der Waals surface area contributed by atoms with Crippen molar-refractivity contribution in [2.75, 3.05) is 0 Å². The van der Waals surface area contributed by atoms with Gasteiger partial charge in [-0.05, 0) is 31.4 Å². The maximum atomic E-state index is 10.6. The zero-order valence-electron chi connectivity index (χ0n) is 9.66. The van der Waals surface area contributed by atoms with Crippen molar-refractivity contribution in [3.8, 4) is 0 Å². The number of hydrogen-bond donors (Lipinski definition) is 3. The first kappa shape index (κ1) is 12.5. The zero-order chi connectivity index (χ0) is 12.2. The van der Waals surface area contributed by atoms with Crippen molar-refractivity contribution in [1.29, 1.82) is 0 Å². The van der Waals surface area contributed by atoms with E-state index in [-0.39, 0.29) is 0 Å². The van der Waals surface area contributed by atoms with E-state index < -0.39 is 11.6 Å². The zero-order valence-corrected chi connectivity index (χ0v) is 9.66. The molecule has 1 rings (SSSR count). The molecule has 0 fully saturated rings. The second kappa shape index (κ2) is 4.99. The number of rotatable bonds is 4. The number of carbonyl (C=O) groups is 1. The van der Waals surface area contributed by atoms with E-state index in [1.165, 1.54) is 0 Å². The summed E-state index contributed by atoms with van der Waals surface area (Å²) >= 11 is 0. The molecule has 0 aliphatic carbocycles. The van der Waals surface area contributed by atoms with Crippen LogP contribution in [-0.4, -0.2) is 16.7 Å². The quantitative estimate of drug-likeness (QED) is 0.726. The van der Waals surface area contributed by atoms with E-state index in [0.717, 1.165) is 11.1 Å². The van der Waals surface area contributed by atoms with Crippen LogP contribution in [0.1, 0.15) is 25.0 Å². The van der Waals surface area contributed by atoms with Crippen LogP contribution >= 0.6 is 0 Å². The van der Waals surface area contributed by atoms with Crippen LogP contribution in [0.3, 0.4) is 0 Å². The van der Waals surface area contributed by atoms with Crippen LogP contribution in [0.2, 0.25) is 0 Å². The summed E-state index contributed by atoms with van der Waals surface area (Å²) in [6, 6.07) is 7.89. The maximum Gasteiger partial charge on any atom is 0.405 e. The smallest absolute Gasteiger partial charge is 0.405 e. The number of nitrogens with two attached hydrogens (primary N) is 1. The number of amides is 1. The van der Waals surface area contributed by atoms with Crippen LogP contribution in [0.4, 0.5) is 4.79 Å². The van der Waals surface area contributed by atoms with Crippen LogP contribution in [0.15, 0.2) is 24.3 Å². The number of hydrogen-bond acceptors (Lipinski definition) is 2. The first-order chi connectivity index (χ1) is 7.43. The van der Waals surface area contributed by atoms with Gasteiger partial charge in [0.25, 0.3) is 0 Å². The van der Waals surface area contributed by atoms with Crippen molar-refractivity contribution in [3.05, 3.63) is 35.4 Å². The molecule has 0 saturated heterocycles. The average molecular weight is 222 g/mol. The third-order valence-corrected chi connectivity index (χ3v) is 2.35. The maximum absolute atomic E-state index is 10.6. The molecule has 1 aromatic carbocycles. The molecule has 4 heteroatoms. The van der Waals surface area contributed by atoms with Crippen molar-refractivity contribution in [2.24, 2.45) is 5.73 Å². The molecule has 0 aromatic heterocycles. The van der Waals surface area contributed by atoms with E-state index in [1.54, 1.807) is 0 Å². The Morgan fingerprint density at radius 1 is 1.31 bits per heavy atom. The topological polar surface area (TPSA) is 75.3 Å². The summed E-state index contributed by atoms with van der Waals surface area (Å²) in [5, 5.41) is 11.2. The van der Waals surface area contributed by atoms with Gasteiger partial charge in [-0.15, -0.1) is 0 Å². The number of carboxylic acid groups (broad SMARTS) is 1. The van der Waals surface area contributed by atoms with Gasteiger partial charge in [0.2, 0.25) is 0 Å². The first-order valence-corrected chi connectivity index (χ1v) is 5.22. The van der Waals surface area contributed by atoms with Crippen LogP contribution in [-0.2, 0) is 13.0 Å². The molecule has 1 aromatic rings. The standard InChI is InChI=1S/C12H18N2O2/c1-12(2,14-11(15)16)7-9-3-5-10(8-13)6-4-9/h3-6,14H,7-8,13H2,1-2H3,(H,15,16). The normalized spacial score (nSPS) is 11.2. The van der Waals surface area contributed by atoms with Crippen LogP contribution in [0.25, 0.3) is 0 Å². The van der Waals surface area contributed by atoms with E-state index in [4.69, 9.17) is 10.8 Å². The summed E-state index contributed by atoms with van der Waals surface area (Å²) in [5.74, 6) is 0. The van der Waals surface area contributed by atoms with Crippen molar-refractivity contribution in [3.63, 3.8) is 0 Å². The molecule has 1 amide bonds. The second-order valence-corrected chi connectivity index (χ2v) is 4.51. The Morgan fingerprint density at radius 2 is 1.81 bits per heavy atom. The van der Waals surface area contributed by atoms with Gasteiger partial charge < -0.3 is 16.2 Å². The van der Waals surface area contributed by atoms with E-state index in [9.17, 15) is 4.79 Å². The van der Waals surface area contributed by atoms with Crippen molar-refractivity contribution in [1.82, 2.24) is 5.32 Å². The van der Waals surface area contributed by atoms with Crippen LogP contribution < -0.4 is 11.1 Å². The van der Waals surface area contributed by atoms with E-state index in [2.05, 4.69) is 5.32 Å². The van der Waals surface area contributed by atoms with Crippen molar-refractivity contribution >= 4 is 6.09 Å². The molecular formula is C12H18N2O2. The van der Waals surface area contributed by atoms with Gasteiger partial charge in [0.15, 0.2) is 0 Å². The Balaban J connectivity index is 2.68. The molecule has 16 heavy (non-hydrogen) atoms. The fourth-order valence-corrected chi connectivity index (χ4v) is 1.64. The van der Waals surface area contributed by atoms with Crippen LogP contribution in [0.5, 0.6) is 0 Å². The monoisotopic (exact) mass is 222 g/mol. The summed E-state index contributed by atoms with van der Waals surface area (Å²) < 4.78 is 0.